The van der Waals surface area contributed by atoms with E-state index < -0.39 is 0 Å². The zero-order valence-electron chi connectivity index (χ0n) is 11.0. The normalized spacial score (nSPS) is 20.1. The maximum Gasteiger partial charge on any atom is 0.151 e. The lowest BCUT2D eigenvalue weighted by molar-refractivity contribution is -0.117. The number of ketones is 1. The number of carbonyl (C=O) groups is 1. The first-order valence-electron chi connectivity index (χ1n) is 6.47. The number of Topliss-reactive ketones (excluding diaryl/α,β-unsaturated/α-hetero) is 1. The highest BCUT2D eigenvalue weighted by atomic mass is 32.2. The van der Waals surface area contributed by atoms with Gasteiger partial charge >= 0.3 is 0 Å². The lowest BCUT2D eigenvalue weighted by Crippen LogP contribution is -2.25. The number of hydrogen-bond donors (Lipinski definition) is 0. The van der Waals surface area contributed by atoms with Gasteiger partial charge in [-0.1, -0.05) is 38.1 Å². The van der Waals surface area contributed by atoms with Gasteiger partial charge in [0.15, 0.2) is 5.78 Å². The molecule has 1 aliphatic rings. The molecule has 0 spiro atoms. The fraction of sp³-hybridized carbons (Fsp3) is 0.533. The molecule has 98 valence electrons. The molecule has 0 aliphatic carbocycles. The Morgan fingerprint density at radius 1 is 1.28 bits per heavy atom. The van der Waals surface area contributed by atoms with Crippen molar-refractivity contribution in [2.45, 2.75) is 31.4 Å². The zero-order valence-corrected chi connectivity index (χ0v) is 12.7. The van der Waals surface area contributed by atoms with Gasteiger partial charge in [-0.2, -0.15) is 11.8 Å². The van der Waals surface area contributed by atoms with Crippen molar-refractivity contribution in [3.05, 3.63) is 35.4 Å². The summed E-state index contributed by atoms with van der Waals surface area (Å²) >= 11 is 3.73. The van der Waals surface area contributed by atoms with Gasteiger partial charge in [0.2, 0.25) is 0 Å². The second-order valence-corrected chi connectivity index (χ2v) is 7.43. The van der Waals surface area contributed by atoms with E-state index in [4.69, 9.17) is 0 Å². The smallest absolute Gasteiger partial charge is 0.151 e. The second-order valence-electron chi connectivity index (χ2n) is 4.97. The Kier molecular flexibility index (Phi) is 5.19. The fourth-order valence-corrected chi connectivity index (χ4v) is 4.66. The van der Waals surface area contributed by atoms with Crippen molar-refractivity contribution in [1.82, 2.24) is 0 Å². The van der Waals surface area contributed by atoms with E-state index >= 15 is 0 Å². The average molecular weight is 280 g/mol. The molecule has 1 aromatic rings. The third-order valence-corrected chi connectivity index (χ3v) is 6.00. The first kappa shape index (κ1) is 14.0. The molecule has 0 bridgehead atoms. The predicted octanol–water partition coefficient (Wildman–Crippen LogP) is 3.77. The summed E-state index contributed by atoms with van der Waals surface area (Å²) in [4.78, 5) is 12.2. The Morgan fingerprint density at radius 3 is 2.56 bits per heavy atom. The molecule has 0 saturated carbocycles. The Hall–Kier alpha value is -0.410. The van der Waals surface area contributed by atoms with Crippen LogP contribution in [0, 0.1) is 0 Å². The van der Waals surface area contributed by atoms with E-state index in [1.807, 2.05) is 23.5 Å². The summed E-state index contributed by atoms with van der Waals surface area (Å²) in [6.07, 6.45) is 0.594. The van der Waals surface area contributed by atoms with Crippen molar-refractivity contribution in [1.29, 1.82) is 0 Å². The van der Waals surface area contributed by atoms with Crippen molar-refractivity contribution in [2.24, 2.45) is 0 Å². The number of benzene rings is 1. The largest absolute Gasteiger partial charge is 0.298 e. The first-order chi connectivity index (χ1) is 8.66. The topological polar surface area (TPSA) is 17.1 Å². The Labute approximate surface area is 118 Å². The van der Waals surface area contributed by atoms with E-state index in [0.717, 1.165) is 17.1 Å². The van der Waals surface area contributed by atoms with E-state index in [0.29, 0.717) is 18.1 Å². The minimum atomic E-state index is 0.216. The molecule has 1 nitrogen and oxygen atoms in total. The van der Waals surface area contributed by atoms with Crippen molar-refractivity contribution in [3.63, 3.8) is 0 Å². The molecule has 1 unspecified atom stereocenters. The Bertz CT molecular complexity index is 391. The van der Waals surface area contributed by atoms with Crippen LogP contribution in [0.15, 0.2) is 24.3 Å². The molecule has 0 N–H and O–H groups in total. The molecule has 1 saturated heterocycles. The molecule has 0 radical (unpaired) electrons. The van der Waals surface area contributed by atoms with Crippen LogP contribution in [0.5, 0.6) is 0 Å². The van der Waals surface area contributed by atoms with Gasteiger partial charge in [0.25, 0.3) is 0 Å². The molecular formula is C15H20OS2. The third-order valence-electron chi connectivity index (χ3n) is 3.20. The van der Waals surface area contributed by atoms with Gasteiger partial charge in [-0.05, 0) is 17.0 Å². The molecule has 0 amide bonds. The van der Waals surface area contributed by atoms with Crippen LogP contribution >= 0.6 is 23.5 Å². The van der Waals surface area contributed by atoms with Crippen molar-refractivity contribution in [3.8, 4) is 0 Å². The Balaban J connectivity index is 1.94. The second kappa shape index (κ2) is 6.67. The van der Waals surface area contributed by atoms with Gasteiger partial charge in [-0.3, -0.25) is 4.79 Å². The van der Waals surface area contributed by atoms with Crippen LogP contribution in [-0.4, -0.2) is 28.3 Å². The molecule has 1 fully saturated rings. The van der Waals surface area contributed by atoms with Crippen LogP contribution in [0.25, 0.3) is 0 Å². The van der Waals surface area contributed by atoms with E-state index in [-0.39, 0.29) is 5.25 Å². The van der Waals surface area contributed by atoms with Gasteiger partial charge in [0, 0.05) is 23.7 Å². The van der Waals surface area contributed by atoms with E-state index in [9.17, 15) is 4.79 Å². The van der Waals surface area contributed by atoms with Crippen LogP contribution in [0.3, 0.4) is 0 Å². The number of carbonyl (C=O) groups excluding carboxylic acids is 1. The van der Waals surface area contributed by atoms with Gasteiger partial charge in [-0.25, -0.2) is 0 Å². The Morgan fingerprint density at radius 2 is 2.00 bits per heavy atom. The van der Waals surface area contributed by atoms with Crippen molar-refractivity contribution in [2.75, 3.05) is 17.3 Å². The molecule has 18 heavy (non-hydrogen) atoms. The maximum atomic E-state index is 12.2. The third kappa shape index (κ3) is 3.79. The molecule has 1 aromatic carbocycles. The highest BCUT2D eigenvalue weighted by molar-refractivity contribution is 8.07. The van der Waals surface area contributed by atoms with Crippen molar-refractivity contribution >= 4 is 29.3 Å². The lowest BCUT2D eigenvalue weighted by Gasteiger charge is -2.19. The number of thioether (sulfide) groups is 2. The molecule has 1 aliphatic heterocycles. The summed E-state index contributed by atoms with van der Waals surface area (Å²) in [5.41, 5.74) is 2.49. The predicted molar refractivity (Wildman–Crippen MR) is 82.8 cm³/mol. The number of hydrogen-bond acceptors (Lipinski definition) is 3. The maximum absolute atomic E-state index is 12.2. The van der Waals surface area contributed by atoms with Crippen LogP contribution in [-0.2, 0) is 11.2 Å². The first-order valence-corrected chi connectivity index (χ1v) is 8.68. The van der Waals surface area contributed by atoms with Crippen LogP contribution < -0.4 is 0 Å². The van der Waals surface area contributed by atoms with Crippen molar-refractivity contribution < 1.29 is 4.79 Å². The van der Waals surface area contributed by atoms with Gasteiger partial charge in [0.1, 0.15) is 0 Å². The molecule has 1 heterocycles. The van der Waals surface area contributed by atoms with Crippen LogP contribution in [0.1, 0.15) is 30.9 Å². The van der Waals surface area contributed by atoms with E-state index in [1.54, 1.807) is 0 Å². The molecular weight excluding hydrogens is 260 g/mol. The summed E-state index contributed by atoms with van der Waals surface area (Å²) in [7, 11) is 0. The van der Waals surface area contributed by atoms with Gasteiger partial charge in [-0.15, -0.1) is 11.8 Å². The highest BCUT2D eigenvalue weighted by Crippen LogP contribution is 2.25. The van der Waals surface area contributed by atoms with Crippen LogP contribution in [0.4, 0.5) is 0 Å². The highest BCUT2D eigenvalue weighted by Gasteiger charge is 2.21. The van der Waals surface area contributed by atoms with Gasteiger partial charge in [0.05, 0.1) is 5.25 Å². The van der Waals surface area contributed by atoms with Gasteiger partial charge < -0.3 is 0 Å². The summed E-state index contributed by atoms with van der Waals surface area (Å²) in [6.45, 7) is 4.38. The monoisotopic (exact) mass is 280 g/mol. The zero-order chi connectivity index (χ0) is 13.0. The summed E-state index contributed by atoms with van der Waals surface area (Å²) in [5.74, 6) is 4.25. The van der Waals surface area contributed by atoms with E-state index in [2.05, 4.69) is 38.1 Å². The molecule has 2 rings (SSSR count). The van der Waals surface area contributed by atoms with Crippen LogP contribution in [0.2, 0.25) is 0 Å². The number of rotatable bonds is 4. The summed E-state index contributed by atoms with van der Waals surface area (Å²) < 4.78 is 0. The summed E-state index contributed by atoms with van der Waals surface area (Å²) in [5, 5.41) is 0.216. The molecule has 1 atom stereocenters. The molecule has 3 heteroatoms. The lowest BCUT2D eigenvalue weighted by atomic mass is 9.99. The minimum Gasteiger partial charge on any atom is -0.298 e. The molecule has 0 aromatic heterocycles. The van der Waals surface area contributed by atoms with E-state index in [1.165, 1.54) is 11.3 Å². The summed E-state index contributed by atoms with van der Waals surface area (Å²) in [6, 6.07) is 8.51. The minimum absolute atomic E-state index is 0.216. The quantitative estimate of drug-likeness (QED) is 0.835. The SMILES string of the molecule is CC(C)c1ccc(CC(=O)C2CSCCS2)cc1. The average Bonchev–Trinajstić information content (AvgIpc) is 2.40. The standard InChI is InChI=1S/C15H20OS2/c1-11(2)13-5-3-12(4-6-13)9-14(16)15-10-17-7-8-18-15/h3-6,11,15H,7-10H2,1-2H3. The fourth-order valence-electron chi connectivity index (χ4n) is 2.01.